The monoisotopic (exact) mass is 436 g/mol. The summed E-state index contributed by atoms with van der Waals surface area (Å²) in [5.41, 5.74) is 0. The van der Waals surface area contributed by atoms with Crippen LogP contribution in [0.5, 0.6) is 0 Å². The lowest BCUT2D eigenvalue weighted by Gasteiger charge is -2.33. The number of aliphatic imine (C=N–C) groups is 1. The average Bonchev–Trinajstić information content (AvgIpc) is 2.36. The quantitative estimate of drug-likeness (QED) is 0.311. The number of halogens is 4. The van der Waals surface area contributed by atoms with E-state index in [0.29, 0.717) is 25.4 Å². The van der Waals surface area contributed by atoms with Crippen molar-refractivity contribution < 1.29 is 13.2 Å². The predicted molar refractivity (Wildman–Crippen MR) is 94.9 cm³/mol. The van der Waals surface area contributed by atoms with E-state index in [9.17, 15) is 13.2 Å². The van der Waals surface area contributed by atoms with Crippen LogP contribution in [0.3, 0.4) is 0 Å². The molecule has 1 heterocycles. The second-order valence-electron chi connectivity index (χ2n) is 5.87. The number of rotatable bonds is 5. The Morgan fingerprint density at radius 3 is 2.64 bits per heavy atom. The molecule has 1 N–H and O–H groups in total. The molecule has 1 aliphatic heterocycles. The summed E-state index contributed by atoms with van der Waals surface area (Å²) in [5, 5.41) is 3.25. The van der Waals surface area contributed by atoms with Gasteiger partial charge in [-0.15, -0.1) is 24.0 Å². The third kappa shape index (κ3) is 9.02. The summed E-state index contributed by atoms with van der Waals surface area (Å²) in [6.07, 6.45) is -1.05. The highest BCUT2D eigenvalue weighted by Crippen LogP contribution is 2.16. The first-order valence-electron chi connectivity index (χ1n) is 7.52. The van der Waals surface area contributed by atoms with Crippen molar-refractivity contribution in [3.05, 3.63) is 0 Å². The molecule has 0 saturated carbocycles. The summed E-state index contributed by atoms with van der Waals surface area (Å²) < 4.78 is 36.6. The summed E-state index contributed by atoms with van der Waals surface area (Å²) >= 11 is 0. The standard InChI is InChI=1S/C14H27F3N4.HI/c1-12-6-4-9-21(10-12)13(18-2)19-7-5-8-20(3)11-14(15,16)17;/h12H,4-11H2,1-3H3,(H,18,19);1H. The van der Waals surface area contributed by atoms with E-state index in [0.717, 1.165) is 25.5 Å². The van der Waals surface area contributed by atoms with Crippen LogP contribution < -0.4 is 5.32 Å². The Morgan fingerprint density at radius 2 is 2.09 bits per heavy atom. The van der Waals surface area contributed by atoms with Gasteiger partial charge in [0.05, 0.1) is 6.54 Å². The smallest absolute Gasteiger partial charge is 0.356 e. The Labute approximate surface area is 148 Å². The molecule has 0 amide bonds. The van der Waals surface area contributed by atoms with Crippen LogP contribution in [0.15, 0.2) is 4.99 Å². The van der Waals surface area contributed by atoms with Gasteiger partial charge in [0.15, 0.2) is 5.96 Å². The predicted octanol–water partition coefficient (Wildman–Crippen LogP) is 2.80. The van der Waals surface area contributed by atoms with Gasteiger partial charge in [-0.1, -0.05) is 6.92 Å². The summed E-state index contributed by atoms with van der Waals surface area (Å²) in [5.74, 6) is 1.52. The topological polar surface area (TPSA) is 30.9 Å². The van der Waals surface area contributed by atoms with Crippen LogP contribution in [-0.2, 0) is 0 Å². The number of nitrogens with one attached hydrogen (secondary N) is 1. The second-order valence-corrected chi connectivity index (χ2v) is 5.87. The van der Waals surface area contributed by atoms with Gasteiger partial charge in [-0.25, -0.2) is 0 Å². The van der Waals surface area contributed by atoms with E-state index < -0.39 is 12.7 Å². The lowest BCUT2D eigenvalue weighted by atomic mass is 10.0. The Balaban J connectivity index is 0.00000441. The maximum Gasteiger partial charge on any atom is 0.401 e. The minimum Gasteiger partial charge on any atom is -0.356 e. The van der Waals surface area contributed by atoms with Crippen LogP contribution in [0.25, 0.3) is 0 Å². The normalized spacial score (nSPS) is 20.0. The molecule has 0 aliphatic carbocycles. The third-order valence-corrected chi connectivity index (χ3v) is 3.62. The van der Waals surface area contributed by atoms with E-state index >= 15 is 0 Å². The molecule has 22 heavy (non-hydrogen) atoms. The van der Waals surface area contributed by atoms with Crippen molar-refractivity contribution in [2.75, 3.05) is 46.8 Å². The molecule has 0 radical (unpaired) electrons. The zero-order valence-corrected chi connectivity index (χ0v) is 15.9. The van der Waals surface area contributed by atoms with Crippen LogP contribution in [0, 0.1) is 5.92 Å². The lowest BCUT2D eigenvalue weighted by molar-refractivity contribution is -0.143. The summed E-state index contributed by atoms with van der Waals surface area (Å²) in [6, 6.07) is 0. The van der Waals surface area contributed by atoms with Gasteiger partial charge in [-0.05, 0) is 38.8 Å². The van der Waals surface area contributed by atoms with Crippen molar-refractivity contribution in [2.24, 2.45) is 10.9 Å². The van der Waals surface area contributed by atoms with Crippen molar-refractivity contribution in [3.63, 3.8) is 0 Å². The van der Waals surface area contributed by atoms with E-state index in [2.05, 4.69) is 22.1 Å². The summed E-state index contributed by atoms with van der Waals surface area (Å²) in [6.45, 7) is 4.42. The largest absolute Gasteiger partial charge is 0.401 e. The Hall–Kier alpha value is -0.250. The highest BCUT2D eigenvalue weighted by atomic mass is 127. The first-order valence-corrected chi connectivity index (χ1v) is 7.52. The van der Waals surface area contributed by atoms with Crippen molar-refractivity contribution in [3.8, 4) is 0 Å². The van der Waals surface area contributed by atoms with E-state index in [1.54, 1.807) is 7.05 Å². The van der Waals surface area contributed by atoms with Crippen LogP contribution >= 0.6 is 24.0 Å². The van der Waals surface area contributed by atoms with Crippen LogP contribution in [0.1, 0.15) is 26.2 Å². The number of piperidine rings is 1. The fourth-order valence-corrected chi connectivity index (χ4v) is 2.65. The van der Waals surface area contributed by atoms with Gasteiger partial charge in [-0.3, -0.25) is 9.89 Å². The molecular formula is C14H28F3IN4. The van der Waals surface area contributed by atoms with Gasteiger partial charge in [0.1, 0.15) is 0 Å². The highest BCUT2D eigenvalue weighted by Gasteiger charge is 2.28. The van der Waals surface area contributed by atoms with E-state index in [-0.39, 0.29) is 24.0 Å². The zero-order chi connectivity index (χ0) is 15.9. The average molecular weight is 436 g/mol. The highest BCUT2D eigenvalue weighted by molar-refractivity contribution is 14.0. The van der Waals surface area contributed by atoms with Gasteiger partial charge in [0.2, 0.25) is 0 Å². The van der Waals surface area contributed by atoms with Crippen molar-refractivity contribution in [1.29, 1.82) is 0 Å². The van der Waals surface area contributed by atoms with Gasteiger partial charge in [-0.2, -0.15) is 13.2 Å². The van der Waals surface area contributed by atoms with Gasteiger partial charge >= 0.3 is 6.18 Å². The molecule has 8 heteroatoms. The maximum atomic E-state index is 12.2. The van der Waals surface area contributed by atoms with Crippen molar-refractivity contribution >= 4 is 29.9 Å². The molecule has 1 aliphatic rings. The number of nitrogens with zero attached hydrogens (tertiary/aromatic N) is 3. The summed E-state index contributed by atoms with van der Waals surface area (Å²) in [7, 11) is 3.24. The molecule has 0 bridgehead atoms. The zero-order valence-electron chi connectivity index (χ0n) is 13.6. The molecule has 1 fully saturated rings. The number of alkyl halides is 3. The molecule has 0 aromatic rings. The Morgan fingerprint density at radius 1 is 1.41 bits per heavy atom. The van der Waals surface area contributed by atoms with Crippen LogP contribution in [0.4, 0.5) is 13.2 Å². The molecule has 4 nitrogen and oxygen atoms in total. The van der Waals surface area contributed by atoms with E-state index in [1.807, 2.05) is 0 Å². The van der Waals surface area contributed by atoms with Gasteiger partial charge in [0, 0.05) is 26.7 Å². The molecule has 0 spiro atoms. The minimum absolute atomic E-state index is 0. The minimum atomic E-state index is -4.12. The van der Waals surface area contributed by atoms with Gasteiger partial charge < -0.3 is 10.2 Å². The molecule has 1 saturated heterocycles. The molecule has 0 aromatic carbocycles. The molecule has 132 valence electrons. The Kier molecular flexibility index (Phi) is 10.4. The SMILES string of the molecule is CN=C(NCCCN(C)CC(F)(F)F)N1CCCC(C)C1.I. The van der Waals surface area contributed by atoms with E-state index in [1.165, 1.54) is 18.4 Å². The number of hydrogen-bond donors (Lipinski definition) is 1. The first-order chi connectivity index (χ1) is 9.81. The van der Waals surface area contributed by atoms with Crippen LogP contribution in [0.2, 0.25) is 0 Å². The molecular weight excluding hydrogens is 408 g/mol. The summed E-state index contributed by atoms with van der Waals surface area (Å²) in [4.78, 5) is 7.79. The maximum absolute atomic E-state index is 12.2. The number of hydrogen-bond acceptors (Lipinski definition) is 2. The third-order valence-electron chi connectivity index (χ3n) is 3.62. The van der Waals surface area contributed by atoms with E-state index in [4.69, 9.17) is 0 Å². The van der Waals surface area contributed by atoms with Crippen molar-refractivity contribution in [2.45, 2.75) is 32.4 Å². The molecule has 0 aromatic heterocycles. The Bertz CT molecular complexity index is 337. The first kappa shape index (κ1) is 21.8. The van der Waals surface area contributed by atoms with Crippen LogP contribution in [-0.4, -0.2) is 68.8 Å². The second kappa shape index (κ2) is 10.5. The number of likely N-dealkylation sites (tertiary alicyclic amines) is 1. The van der Waals surface area contributed by atoms with Crippen molar-refractivity contribution in [1.82, 2.24) is 15.1 Å². The molecule has 1 atom stereocenters. The number of guanidine groups is 1. The molecule has 1 unspecified atom stereocenters. The lowest BCUT2D eigenvalue weighted by Crippen LogP contribution is -2.46. The van der Waals surface area contributed by atoms with Gasteiger partial charge in [0.25, 0.3) is 0 Å². The fourth-order valence-electron chi connectivity index (χ4n) is 2.65. The fraction of sp³-hybridized carbons (Fsp3) is 0.929. The molecule has 1 rings (SSSR count).